The SMILES string of the molecule is Cc1cc(C(C)(F)F)nn1-c1ccc(Br)cc1-n1nncc1-c1ccccc1OC(F)(F)F. The summed E-state index contributed by atoms with van der Waals surface area (Å²) in [5, 5.41) is 11.9. The molecule has 0 unspecified atom stereocenters. The van der Waals surface area contributed by atoms with Gasteiger partial charge in [-0.3, -0.25) is 0 Å². The molecule has 2 aromatic carbocycles. The zero-order valence-corrected chi connectivity index (χ0v) is 18.7. The minimum atomic E-state index is -4.90. The number of halogens is 6. The van der Waals surface area contributed by atoms with Gasteiger partial charge in [-0.25, -0.2) is 9.36 Å². The van der Waals surface area contributed by atoms with Crippen LogP contribution in [0.15, 0.2) is 59.2 Å². The molecule has 4 aromatic rings. The highest BCUT2D eigenvalue weighted by molar-refractivity contribution is 9.10. The number of benzene rings is 2. The molecule has 172 valence electrons. The zero-order valence-electron chi connectivity index (χ0n) is 17.1. The van der Waals surface area contributed by atoms with Crippen molar-refractivity contribution >= 4 is 15.9 Å². The van der Waals surface area contributed by atoms with E-state index in [2.05, 4.69) is 36.1 Å². The van der Waals surface area contributed by atoms with Gasteiger partial charge >= 0.3 is 6.36 Å². The summed E-state index contributed by atoms with van der Waals surface area (Å²) in [6, 6.07) is 11.8. The largest absolute Gasteiger partial charge is 0.573 e. The van der Waals surface area contributed by atoms with Crippen molar-refractivity contribution in [2.75, 3.05) is 0 Å². The standard InChI is InChI=1S/C21H15BrF5N5O/c1-12-9-19(20(2,23)24)29-31(12)15-8-7-13(22)10-16(15)32-17(11-28-30-32)14-5-3-4-6-18(14)33-21(25,26)27/h3-11H,1-2H3. The smallest absolute Gasteiger partial charge is 0.405 e. The number of rotatable bonds is 5. The van der Waals surface area contributed by atoms with Gasteiger partial charge < -0.3 is 4.74 Å². The quantitative estimate of drug-likeness (QED) is 0.290. The first-order chi connectivity index (χ1) is 15.4. The molecular weight excluding hydrogens is 513 g/mol. The van der Waals surface area contributed by atoms with E-state index in [0.717, 1.165) is 6.92 Å². The summed E-state index contributed by atoms with van der Waals surface area (Å²) in [6.45, 7) is 2.36. The van der Waals surface area contributed by atoms with Crippen molar-refractivity contribution in [3.63, 3.8) is 0 Å². The lowest BCUT2D eigenvalue weighted by molar-refractivity contribution is -0.274. The van der Waals surface area contributed by atoms with Crippen LogP contribution >= 0.6 is 15.9 Å². The van der Waals surface area contributed by atoms with Crippen LogP contribution in [-0.4, -0.2) is 31.1 Å². The molecule has 0 aliphatic carbocycles. The van der Waals surface area contributed by atoms with E-state index in [1.165, 1.54) is 39.8 Å². The Morgan fingerprint density at radius 2 is 1.67 bits per heavy atom. The monoisotopic (exact) mass is 527 g/mol. The van der Waals surface area contributed by atoms with Crippen LogP contribution in [0.4, 0.5) is 22.0 Å². The van der Waals surface area contributed by atoms with E-state index in [0.29, 0.717) is 21.5 Å². The first-order valence-electron chi connectivity index (χ1n) is 9.45. The van der Waals surface area contributed by atoms with Crippen LogP contribution < -0.4 is 4.74 Å². The van der Waals surface area contributed by atoms with Gasteiger partial charge in [0.2, 0.25) is 0 Å². The minimum absolute atomic E-state index is 0.0868. The van der Waals surface area contributed by atoms with E-state index in [9.17, 15) is 22.0 Å². The summed E-state index contributed by atoms with van der Waals surface area (Å²) < 4.78 is 73.9. The number of hydrogen-bond donors (Lipinski definition) is 0. The van der Waals surface area contributed by atoms with Crippen molar-refractivity contribution in [3.05, 3.63) is 70.6 Å². The molecule has 0 saturated heterocycles. The Bertz CT molecular complexity index is 1310. The molecule has 0 aliphatic heterocycles. The Morgan fingerprint density at radius 1 is 0.939 bits per heavy atom. The molecule has 2 heterocycles. The Morgan fingerprint density at radius 3 is 2.33 bits per heavy atom. The molecule has 0 radical (unpaired) electrons. The molecule has 0 fully saturated rings. The van der Waals surface area contributed by atoms with Gasteiger partial charge in [-0.2, -0.15) is 13.9 Å². The third-order valence-electron chi connectivity index (χ3n) is 4.67. The maximum atomic E-state index is 13.9. The van der Waals surface area contributed by atoms with Crippen LogP contribution in [0.1, 0.15) is 18.3 Å². The lowest BCUT2D eigenvalue weighted by Gasteiger charge is -2.16. The highest BCUT2D eigenvalue weighted by Crippen LogP contribution is 2.36. The second-order valence-electron chi connectivity index (χ2n) is 7.18. The van der Waals surface area contributed by atoms with Gasteiger partial charge in [0.05, 0.1) is 23.3 Å². The second kappa shape index (κ2) is 8.25. The molecule has 0 saturated carbocycles. The minimum Gasteiger partial charge on any atom is -0.405 e. The number of hydrogen-bond acceptors (Lipinski definition) is 4. The fourth-order valence-electron chi connectivity index (χ4n) is 3.27. The zero-order chi connectivity index (χ0) is 24.0. The first kappa shape index (κ1) is 22.9. The molecule has 0 atom stereocenters. The maximum absolute atomic E-state index is 13.9. The Balaban J connectivity index is 1.90. The number of nitrogens with zero attached hydrogens (tertiary/aromatic N) is 5. The fraction of sp³-hybridized carbons (Fsp3) is 0.190. The van der Waals surface area contributed by atoms with Gasteiger partial charge in [-0.1, -0.05) is 33.3 Å². The van der Waals surface area contributed by atoms with Gasteiger partial charge in [0.1, 0.15) is 11.4 Å². The Hall–Kier alpha value is -3.28. The summed E-state index contributed by atoms with van der Waals surface area (Å²) in [4.78, 5) is 0. The molecule has 0 amide bonds. The predicted octanol–water partition coefficient (Wildman–Crippen LogP) is 6.20. The van der Waals surface area contributed by atoms with Crippen LogP contribution in [0.5, 0.6) is 5.75 Å². The lowest BCUT2D eigenvalue weighted by Crippen LogP contribution is -2.18. The van der Waals surface area contributed by atoms with Gasteiger partial charge in [0, 0.05) is 22.7 Å². The average Bonchev–Trinajstić information content (AvgIpc) is 3.34. The number of alkyl halides is 5. The fourth-order valence-corrected chi connectivity index (χ4v) is 3.62. The van der Waals surface area contributed by atoms with Crippen molar-refractivity contribution in [1.29, 1.82) is 0 Å². The van der Waals surface area contributed by atoms with E-state index in [1.807, 2.05) is 0 Å². The van der Waals surface area contributed by atoms with E-state index in [1.54, 1.807) is 31.2 Å². The van der Waals surface area contributed by atoms with Gasteiger partial charge in [-0.05, 0) is 43.3 Å². The van der Waals surface area contributed by atoms with E-state index < -0.39 is 23.7 Å². The van der Waals surface area contributed by atoms with E-state index >= 15 is 0 Å². The number of ether oxygens (including phenoxy) is 1. The topological polar surface area (TPSA) is 57.8 Å². The average molecular weight is 528 g/mol. The highest BCUT2D eigenvalue weighted by atomic mass is 79.9. The molecule has 12 heteroatoms. The van der Waals surface area contributed by atoms with Crippen molar-refractivity contribution in [3.8, 4) is 28.4 Å². The van der Waals surface area contributed by atoms with Crippen LogP contribution in [0.3, 0.4) is 0 Å². The number of aryl methyl sites for hydroxylation is 1. The second-order valence-corrected chi connectivity index (χ2v) is 8.09. The Labute approximate surface area is 192 Å². The molecule has 0 aliphatic rings. The van der Waals surface area contributed by atoms with E-state index in [-0.39, 0.29) is 11.3 Å². The normalized spacial score (nSPS) is 12.2. The van der Waals surface area contributed by atoms with Crippen LogP contribution in [0, 0.1) is 6.92 Å². The van der Waals surface area contributed by atoms with Crippen molar-refractivity contribution in [2.45, 2.75) is 26.1 Å². The third-order valence-corrected chi connectivity index (χ3v) is 5.16. The van der Waals surface area contributed by atoms with Crippen molar-refractivity contribution < 1.29 is 26.7 Å². The number of aromatic nitrogens is 5. The summed E-state index contributed by atoms with van der Waals surface area (Å²) >= 11 is 3.36. The maximum Gasteiger partial charge on any atom is 0.573 e. The van der Waals surface area contributed by atoms with E-state index in [4.69, 9.17) is 0 Å². The molecular formula is C21H15BrF5N5O. The molecule has 6 nitrogen and oxygen atoms in total. The molecule has 0 N–H and O–H groups in total. The molecule has 2 aromatic heterocycles. The summed E-state index contributed by atoms with van der Waals surface area (Å²) in [5.41, 5.74) is 1.00. The predicted molar refractivity (Wildman–Crippen MR) is 113 cm³/mol. The van der Waals surface area contributed by atoms with Gasteiger partial charge in [0.25, 0.3) is 5.92 Å². The third kappa shape index (κ3) is 4.75. The molecule has 0 spiro atoms. The molecule has 33 heavy (non-hydrogen) atoms. The van der Waals surface area contributed by atoms with Crippen LogP contribution in [-0.2, 0) is 5.92 Å². The number of para-hydroxylation sites is 1. The van der Waals surface area contributed by atoms with Gasteiger partial charge in [0.15, 0.2) is 0 Å². The van der Waals surface area contributed by atoms with Gasteiger partial charge in [-0.15, -0.1) is 18.3 Å². The van der Waals surface area contributed by atoms with Crippen molar-refractivity contribution in [2.24, 2.45) is 0 Å². The molecule has 0 bridgehead atoms. The highest BCUT2D eigenvalue weighted by Gasteiger charge is 2.33. The van der Waals surface area contributed by atoms with Crippen LogP contribution in [0.25, 0.3) is 22.6 Å². The Kier molecular flexibility index (Phi) is 5.72. The lowest BCUT2D eigenvalue weighted by atomic mass is 10.1. The summed E-state index contributed by atoms with van der Waals surface area (Å²) in [7, 11) is 0. The molecule has 4 rings (SSSR count). The summed E-state index contributed by atoms with van der Waals surface area (Å²) in [6.07, 6.45) is -3.62. The van der Waals surface area contributed by atoms with Crippen molar-refractivity contribution in [1.82, 2.24) is 24.8 Å². The first-order valence-corrected chi connectivity index (χ1v) is 10.2. The summed E-state index contributed by atoms with van der Waals surface area (Å²) in [5.74, 6) is -3.59. The van der Waals surface area contributed by atoms with Crippen LogP contribution in [0.2, 0.25) is 0 Å².